The van der Waals surface area contributed by atoms with Crippen molar-refractivity contribution in [1.82, 2.24) is 9.80 Å². The van der Waals surface area contributed by atoms with Crippen molar-refractivity contribution in [2.24, 2.45) is 11.3 Å². The minimum atomic E-state index is 0.184. The number of aliphatic hydroxyl groups excluding tert-OH is 1. The molecule has 23 heavy (non-hydrogen) atoms. The Kier molecular flexibility index (Phi) is 4.20. The van der Waals surface area contributed by atoms with Gasteiger partial charge in [0.15, 0.2) is 0 Å². The monoisotopic (exact) mass is 334 g/mol. The highest BCUT2D eigenvalue weighted by Gasteiger charge is 2.49. The van der Waals surface area contributed by atoms with Crippen LogP contribution in [0.25, 0.3) is 0 Å². The summed E-state index contributed by atoms with van der Waals surface area (Å²) in [6.07, 6.45) is 6.10. The number of hydrogen-bond acceptors (Lipinski definition) is 4. The molecule has 1 amide bonds. The molecule has 0 radical (unpaired) electrons. The lowest BCUT2D eigenvalue weighted by molar-refractivity contribution is 0.0388. The first kappa shape index (κ1) is 15.6. The predicted molar refractivity (Wildman–Crippen MR) is 91.7 cm³/mol. The number of amides is 1. The van der Waals surface area contributed by atoms with E-state index in [1.54, 1.807) is 0 Å². The molecule has 1 aromatic rings. The molecule has 0 aromatic carbocycles. The van der Waals surface area contributed by atoms with Crippen molar-refractivity contribution < 1.29 is 9.90 Å². The zero-order valence-electron chi connectivity index (χ0n) is 13.6. The Balaban J connectivity index is 1.42. The van der Waals surface area contributed by atoms with Crippen LogP contribution in [0.2, 0.25) is 0 Å². The van der Waals surface area contributed by atoms with Crippen molar-refractivity contribution >= 4 is 17.2 Å². The Morgan fingerprint density at radius 3 is 2.70 bits per heavy atom. The van der Waals surface area contributed by atoms with E-state index in [4.69, 9.17) is 0 Å². The van der Waals surface area contributed by atoms with Crippen LogP contribution in [0.1, 0.15) is 41.8 Å². The number of carbonyl (C=O) groups is 1. The van der Waals surface area contributed by atoms with Gasteiger partial charge in [0.1, 0.15) is 0 Å². The maximum atomic E-state index is 12.5. The predicted octanol–water partition coefficient (Wildman–Crippen LogP) is 2.45. The molecule has 3 fully saturated rings. The molecule has 1 N–H and O–H groups in total. The summed E-state index contributed by atoms with van der Waals surface area (Å²) in [5, 5.41) is 11.9. The average Bonchev–Trinajstić information content (AvgIpc) is 3.14. The van der Waals surface area contributed by atoms with Crippen LogP contribution in [-0.4, -0.2) is 59.6 Å². The molecule has 1 atom stereocenters. The van der Waals surface area contributed by atoms with Gasteiger partial charge in [-0.25, -0.2) is 0 Å². The maximum Gasteiger partial charge on any atom is 0.263 e. The fourth-order valence-corrected chi connectivity index (χ4v) is 5.32. The summed E-state index contributed by atoms with van der Waals surface area (Å²) in [7, 11) is 0. The van der Waals surface area contributed by atoms with Crippen LogP contribution in [-0.2, 0) is 0 Å². The van der Waals surface area contributed by atoms with Crippen molar-refractivity contribution in [3.63, 3.8) is 0 Å². The van der Waals surface area contributed by atoms with Crippen LogP contribution in [0.5, 0.6) is 0 Å². The van der Waals surface area contributed by atoms with Crippen molar-refractivity contribution in [2.45, 2.75) is 38.1 Å². The van der Waals surface area contributed by atoms with Crippen LogP contribution in [0, 0.1) is 11.3 Å². The number of nitrogens with zero attached hydrogens (tertiary/aromatic N) is 2. The lowest BCUT2D eigenvalue weighted by atomic mass is 9.71. The Morgan fingerprint density at radius 1 is 1.35 bits per heavy atom. The van der Waals surface area contributed by atoms with Gasteiger partial charge in [-0.1, -0.05) is 12.5 Å². The lowest BCUT2D eigenvalue weighted by Crippen LogP contribution is -2.47. The summed E-state index contributed by atoms with van der Waals surface area (Å²) in [4.78, 5) is 18.0. The SMILES string of the molecule is O=C(c1cccs1)N1CCC2(CC1)CN(C1CCC1)CC2CO. The van der Waals surface area contributed by atoms with E-state index in [0.29, 0.717) is 12.5 Å². The molecule has 1 unspecified atom stereocenters. The summed E-state index contributed by atoms with van der Waals surface area (Å²) in [5.41, 5.74) is 0.233. The first-order chi connectivity index (χ1) is 11.2. The van der Waals surface area contributed by atoms with Gasteiger partial charge in [0.05, 0.1) is 4.88 Å². The third-order valence-electron chi connectivity index (χ3n) is 6.43. The van der Waals surface area contributed by atoms with Gasteiger partial charge in [-0.05, 0) is 42.5 Å². The highest BCUT2D eigenvalue weighted by Crippen LogP contribution is 2.47. The second-order valence-electron chi connectivity index (χ2n) is 7.53. The molecule has 1 saturated carbocycles. The normalized spacial score (nSPS) is 28.2. The first-order valence-corrected chi connectivity index (χ1v) is 9.77. The quantitative estimate of drug-likeness (QED) is 0.923. The number of likely N-dealkylation sites (tertiary alicyclic amines) is 2. The molecule has 0 bridgehead atoms. The van der Waals surface area contributed by atoms with Crippen molar-refractivity contribution in [3.05, 3.63) is 22.4 Å². The Labute approximate surface area is 142 Å². The van der Waals surface area contributed by atoms with E-state index in [1.165, 1.54) is 30.6 Å². The third kappa shape index (κ3) is 2.73. The topological polar surface area (TPSA) is 43.8 Å². The summed E-state index contributed by atoms with van der Waals surface area (Å²) < 4.78 is 0. The van der Waals surface area contributed by atoms with Crippen LogP contribution in [0.4, 0.5) is 0 Å². The molecule has 2 aliphatic heterocycles. The Hall–Kier alpha value is -0.910. The second-order valence-corrected chi connectivity index (χ2v) is 8.47. The average molecular weight is 334 g/mol. The summed E-state index contributed by atoms with van der Waals surface area (Å²) >= 11 is 1.53. The fourth-order valence-electron chi connectivity index (χ4n) is 4.63. The Morgan fingerprint density at radius 2 is 2.13 bits per heavy atom. The second kappa shape index (κ2) is 6.19. The molecule has 1 aliphatic carbocycles. The van der Waals surface area contributed by atoms with Crippen LogP contribution < -0.4 is 0 Å². The van der Waals surface area contributed by atoms with Gasteiger partial charge < -0.3 is 10.0 Å². The number of carbonyl (C=O) groups excluding carboxylic acids is 1. The maximum absolute atomic E-state index is 12.5. The van der Waals surface area contributed by atoms with Crippen LogP contribution >= 0.6 is 11.3 Å². The zero-order chi connectivity index (χ0) is 15.9. The van der Waals surface area contributed by atoms with Gasteiger partial charge in [-0.15, -0.1) is 11.3 Å². The highest BCUT2D eigenvalue weighted by molar-refractivity contribution is 7.12. The van der Waals surface area contributed by atoms with Crippen LogP contribution in [0.3, 0.4) is 0 Å². The van der Waals surface area contributed by atoms with E-state index in [1.807, 2.05) is 22.4 Å². The lowest BCUT2D eigenvalue weighted by Gasteiger charge is -2.43. The minimum Gasteiger partial charge on any atom is -0.396 e. The number of aliphatic hydroxyl groups is 1. The van der Waals surface area contributed by atoms with Gasteiger partial charge in [-0.2, -0.15) is 0 Å². The molecule has 3 heterocycles. The standard InChI is InChI=1S/C18H26N2O2S/c21-12-14-11-20(15-3-1-4-15)13-18(14)6-8-19(9-7-18)17(22)16-5-2-10-23-16/h2,5,10,14-15,21H,1,3-4,6-9,11-13H2. The van der Waals surface area contributed by atoms with E-state index in [-0.39, 0.29) is 11.3 Å². The van der Waals surface area contributed by atoms with E-state index < -0.39 is 0 Å². The molecule has 126 valence electrons. The summed E-state index contributed by atoms with van der Waals surface area (Å²) in [6, 6.07) is 4.62. The minimum absolute atomic E-state index is 0.184. The fraction of sp³-hybridized carbons (Fsp3) is 0.722. The van der Waals surface area contributed by atoms with Gasteiger partial charge in [0, 0.05) is 44.7 Å². The van der Waals surface area contributed by atoms with Crippen molar-refractivity contribution in [2.75, 3.05) is 32.8 Å². The van der Waals surface area contributed by atoms with Gasteiger partial charge in [-0.3, -0.25) is 9.69 Å². The van der Waals surface area contributed by atoms with Gasteiger partial charge in [0.25, 0.3) is 5.91 Å². The molecular weight excluding hydrogens is 308 g/mol. The number of rotatable bonds is 3. The molecular formula is C18H26N2O2S. The van der Waals surface area contributed by atoms with Crippen LogP contribution in [0.15, 0.2) is 17.5 Å². The largest absolute Gasteiger partial charge is 0.396 e. The van der Waals surface area contributed by atoms with Gasteiger partial charge >= 0.3 is 0 Å². The zero-order valence-corrected chi connectivity index (χ0v) is 14.4. The third-order valence-corrected chi connectivity index (χ3v) is 7.29. The van der Waals surface area contributed by atoms with Crippen molar-refractivity contribution in [3.8, 4) is 0 Å². The molecule has 5 heteroatoms. The number of hydrogen-bond donors (Lipinski definition) is 1. The van der Waals surface area contributed by atoms with E-state index in [9.17, 15) is 9.90 Å². The van der Waals surface area contributed by atoms with E-state index >= 15 is 0 Å². The van der Waals surface area contributed by atoms with E-state index in [0.717, 1.165) is 49.9 Å². The smallest absolute Gasteiger partial charge is 0.263 e. The van der Waals surface area contributed by atoms with E-state index in [2.05, 4.69) is 4.90 Å². The summed E-state index contributed by atoms with van der Waals surface area (Å²) in [6.45, 7) is 4.16. The summed E-state index contributed by atoms with van der Waals surface area (Å²) in [5.74, 6) is 0.575. The molecule has 1 spiro atoms. The van der Waals surface area contributed by atoms with Gasteiger partial charge in [0.2, 0.25) is 0 Å². The molecule has 3 aliphatic rings. The number of piperidine rings is 1. The first-order valence-electron chi connectivity index (χ1n) is 8.89. The molecule has 2 saturated heterocycles. The number of thiophene rings is 1. The molecule has 1 aromatic heterocycles. The van der Waals surface area contributed by atoms with Crippen molar-refractivity contribution in [1.29, 1.82) is 0 Å². The Bertz CT molecular complexity index is 547. The highest BCUT2D eigenvalue weighted by atomic mass is 32.1. The molecule has 4 nitrogen and oxygen atoms in total. The molecule has 4 rings (SSSR count).